The Kier molecular flexibility index (Phi) is 4.34. The summed E-state index contributed by atoms with van der Waals surface area (Å²) in [5, 5.41) is 9.86. The molecule has 1 atom stereocenters. The van der Waals surface area contributed by atoms with Gasteiger partial charge in [0.05, 0.1) is 6.04 Å². The number of aromatic nitrogens is 3. The van der Waals surface area contributed by atoms with Gasteiger partial charge >= 0.3 is 0 Å². The first-order valence-corrected chi connectivity index (χ1v) is 6.96. The summed E-state index contributed by atoms with van der Waals surface area (Å²) < 4.78 is 2.44. The van der Waals surface area contributed by atoms with Gasteiger partial charge in [0.15, 0.2) is 10.6 Å². The van der Waals surface area contributed by atoms with Crippen molar-refractivity contribution in [2.24, 2.45) is 0 Å². The molecule has 0 saturated carbocycles. The third-order valence-corrected chi connectivity index (χ3v) is 3.46. The molecule has 20 heavy (non-hydrogen) atoms. The number of aryl methyl sites for hydroxylation is 1. The average Bonchev–Trinajstić information content (AvgIpc) is 2.80. The van der Waals surface area contributed by atoms with Crippen LogP contribution in [-0.4, -0.2) is 20.7 Å². The largest absolute Gasteiger partial charge is 0.342 e. The molecule has 0 spiro atoms. The van der Waals surface area contributed by atoms with E-state index in [1.165, 1.54) is 0 Å². The van der Waals surface area contributed by atoms with Crippen molar-refractivity contribution in [3.8, 4) is 0 Å². The quantitative estimate of drug-likeness (QED) is 0.851. The summed E-state index contributed by atoms with van der Waals surface area (Å²) in [6.45, 7) is 6.59. The molecule has 0 fully saturated rings. The zero-order chi connectivity index (χ0) is 14.7. The maximum Gasteiger partial charge on any atom is 0.251 e. The molecule has 0 aliphatic heterocycles. The number of hydrogen-bond donors (Lipinski definition) is 2. The number of rotatable bonds is 4. The van der Waals surface area contributed by atoms with E-state index in [0.29, 0.717) is 10.3 Å². The molecular formula is C14H18N4OS. The third kappa shape index (κ3) is 2.96. The van der Waals surface area contributed by atoms with E-state index in [1.54, 1.807) is 0 Å². The second-order valence-electron chi connectivity index (χ2n) is 4.69. The highest BCUT2D eigenvalue weighted by atomic mass is 32.1. The number of hydrogen-bond acceptors (Lipinski definition) is 3. The Morgan fingerprint density at radius 2 is 2.10 bits per heavy atom. The van der Waals surface area contributed by atoms with Gasteiger partial charge in [-0.3, -0.25) is 9.89 Å². The minimum atomic E-state index is -0.211. The number of carbonyl (C=O) groups excluding carboxylic acids is 1. The molecule has 0 saturated heterocycles. The second-order valence-corrected chi connectivity index (χ2v) is 5.08. The van der Waals surface area contributed by atoms with E-state index in [0.717, 1.165) is 17.9 Å². The summed E-state index contributed by atoms with van der Waals surface area (Å²) in [5.74, 6) is 0.618. The molecule has 0 bridgehead atoms. The van der Waals surface area contributed by atoms with E-state index >= 15 is 0 Å². The molecule has 1 aromatic carbocycles. The highest BCUT2D eigenvalue weighted by molar-refractivity contribution is 7.71. The monoisotopic (exact) mass is 290 g/mol. The van der Waals surface area contributed by atoms with E-state index in [2.05, 4.69) is 15.5 Å². The number of benzene rings is 1. The van der Waals surface area contributed by atoms with Crippen LogP contribution in [0.1, 0.15) is 41.6 Å². The normalized spacial score (nSPS) is 12.2. The Morgan fingerprint density at radius 3 is 2.70 bits per heavy atom. The lowest BCUT2D eigenvalue weighted by molar-refractivity contribution is 0.0937. The van der Waals surface area contributed by atoms with E-state index in [9.17, 15) is 4.79 Å². The Hall–Kier alpha value is -1.95. The Bertz CT molecular complexity index is 657. The summed E-state index contributed by atoms with van der Waals surface area (Å²) in [6.07, 6.45) is 0. The van der Waals surface area contributed by atoms with Gasteiger partial charge in [-0.2, -0.15) is 5.10 Å². The van der Waals surface area contributed by atoms with Gasteiger partial charge in [-0.25, -0.2) is 0 Å². The van der Waals surface area contributed by atoms with Gasteiger partial charge in [0, 0.05) is 12.1 Å². The minimum Gasteiger partial charge on any atom is -0.342 e. The molecule has 1 aromatic heterocycles. The van der Waals surface area contributed by atoms with Crippen molar-refractivity contribution in [3.05, 3.63) is 46.0 Å². The van der Waals surface area contributed by atoms with Gasteiger partial charge in [-0.1, -0.05) is 17.7 Å². The fourth-order valence-corrected chi connectivity index (χ4v) is 2.28. The smallest absolute Gasteiger partial charge is 0.251 e. The summed E-state index contributed by atoms with van der Waals surface area (Å²) in [6, 6.07) is 7.25. The fourth-order valence-electron chi connectivity index (χ4n) is 2.02. The van der Waals surface area contributed by atoms with Crippen molar-refractivity contribution in [1.29, 1.82) is 0 Å². The van der Waals surface area contributed by atoms with Crippen molar-refractivity contribution in [3.63, 3.8) is 0 Å². The molecule has 2 N–H and O–H groups in total. The molecule has 0 radical (unpaired) electrons. The SMILES string of the molecule is CCn1c([C@H](C)NC(=O)c2ccc(C)cc2)n[nH]c1=S. The van der Waals surface area contributed by atoms with Crippen LogP contribution in [0.3, 0.4) is 0 Å². The van der Waals surface area contributed by atoms with Crippen LogP contribution in [-0.2, 0) is 6.54 Å². The molecule has 2 aromatic rings. The zero-order valence-electron chi connectivity index (χ0n) is 11.8. The Morgan fingerprint density at radius 1 is 1.45 bits per heavy atom. The fraction of sp³-hybridized carbons (Fsp3) is 0.357. The predicted octanol–water partition coefficient (Wildman–Crippen LogP) is 2.76. The van der Waals surface area contributed by atoms with E-state index in [4.69, 9.17) is 12.2 Å². The number of H-pyrrole nitrogens is 1. The molecule has 0 aliphatic carbocycles. The summed E-state index contributed by atoms with van der Waals surface area (Å²) >= 11 is 5.14. The Labute approximate surface area is 123 Å². The van der Waals surface area contributed by atoms with Gasteiger partial charge < -0.3 is 9.88 Å². The maximum absolute atomic E-state index is 12.2. The molecule has 1 heterocycles. The predicted molar refractivity (Wildman–Crippen MR) is 80.1 cm³/mol. The summed E-state index contributed by atoms with van der Waals surface area (Å²) in [7, 11) is 0. The van der Waals surface area contributed by atoms with Crippen LogP contribution in [0.25, 0.3) is 0 Å². The molecule has 0 aliphatic rings. The second kappa shape index (κ2) is 6.00. The van der Waals surface area contributed by atoms with E-state index < -0.39 is 0 Å². The highest BCUT2D eigenvalue weighted by Gasteiger charge is 2.16. The molecule has 6 heteroatoms. The third-order valence-electron chi connectivity index (χ3n) is 3.15. The van der Waals surface area contributed by atoms with Gasteiger partial charge in [-0.05, 0) is 45.1 Å². The van der Waals surface area contributed by atoms with Crippen molar-refractivity contribution >= 4 is 18.1 Å². The number of nitrogens with one attached hydrogen (secondary N) is 2. The standard InChI is InChI=1S/C14H18N4OS/c1-4-18-12(16-17-14(18)20)10(3)15-13(19)11-7-5-9(2)6-8-11/h5-8,10H,4H2,1-3H3,(H,15,19)(H,17,20)/t10-/m0/s1. The summed E-state index contributed by atoms with van der Waals surface area (Å²) in [4.78, 5) is 12.2. The van der Waals surface area contributed by atoms with Gasteiger partial charge in [0.25, 0.3) is 5.91 Å². The minimum absolute atomic E-state index is 0.117. The first-order valence-electron chi connectivity index (χ1n) is 6.55. The van der Waals surface area contributed by atoms with E-state index in [-0.39, 0.29) is 11.9 Å². The highest BCUT2D eigenvalue weighted by Crippen LogP contribution is 2.11. The molecule has 2 rings (SSSR count). The lowest BCUT2D eigenvalue weighted by atomic mass is 10.1. The summed E-state index contributed by atoms with van der Waals surface area (Å²) in [5.41, 5.74) is 1.76. The van der Waals surface area contributed by atoms with Crippen molar-refractivity contribution in [2.75, 3.05) is 0 Å². The van der Waals surface area contributed by atoms with Crippen LogP contribution >= 0.6 is 12.2 Å². The lowest BCUT2D eigenvalue weighted by Gasteiger charge is -2.14. The number of carbonyl (C=O) groups is 1. The molecule has 106 valence electrons. The lowest BCUT2D eigenvalue weighted by Crippen LogP contribution is -2.28. The Balaban J connectivity index is 2.15. The number of amides is 1. The van der Waals surface area contributed by atoms with Gasteiger partial charge in [0.1, 0.15) is 0 Å². The first kappa shape index (κ1) is 14.5. The van der Waals surface area contributed by atoms with Crippen LogP contribution < -0.4 is 5.32 Å². The molecule has 0 unspecified atom stereocenters. The van der Waals surface area contributed by atoms with Crippen LogP contribution in [0, 0.1) is 11.7 Å². The van der Waals surface area contributed by atoms with Crippen LogP contribution in [0.5, 0.6) is 0 Å². The number of aromatic amines is 1. The van der Waals surface area contributed by atoms with Crippen molar-refractivity contribution in [2.45, 2.75) is 33.4 Å². The zero-order valence-corrected chi connectivity index (χ0v) is 12.6. The van der Waals surface area contributed by atoms with Crippen LogP contribution in [0.4, 0.5) is 0 Å². The van der Waals surface area contributed by atoms with Crippen molar-refractivity contribution in [1.82, 2.24) is 20.1 Å². The van der Waals surface area contributed by atoms with Crippen LogP contribution in [0.15, 0.2) is 24.3 Å². The van der Waals surface area contributed by atoms with Gasteiger partial charge in [-0.15, -0.1) is 0 Å². The first-order chi connectivity index (χ1) is 9.52. The topological polar surface area (TPSA) is 62.7 Å². The van der Waals surface area contributed by atoms with Crippen molar-refractivity contribution < 1.29 is 4.79 Å². The van der Waals surface area contributed by atoms with Gasteiger partial charge in [0.2, 0.25) is 0 Å². The molecule has 5 nitrogen and oxygen atoms in total. The maximum atomic E-state index is 12.2. The molecular weight excluding hydrogens is 272 g/mol. The van der Waals surface area contributed by atoms with Crippen LogP contribution in [0.2, 0.25) is 0 Å². The molecule has 1 amide bonds. The number of nitrogens with zero attached hydrogens (tertiary/aromatic N) is 2. The van der Waals surface area contributed by atoms with E-state index in [1.807, 2.05) is 49.6 Å². The average molecular weight is 290 g/mol.